The highest BCUT2D eigenvalue weighted by Gasteiger charge is 2.09. The predicted molar refractivity (Wildman–Crippen MR) is 64.7 cm³/mol. The molecule has 0 amide bonds. The summed E-state index contributed by atoms with van der Waals surface area (Å²) in [4.78, 5) is 20.3. The summed E-state index contributed by atoms with van der Waals surface area (Å²) in [5.74, 6) is 0. The van der Waals surface area contributed by atoms with Crippen LogP contribution in [0, 0.1) is 0 Å². The second-order valence-electron chi connectivity index (χ2n) is 3.97. The molecule has 86 valence electrons. The Morgan fingerprint density at radius 2 is 2.35 bits per heavy atom. The predicted octanol–water partition coefficient (Wildman–Crippen LogP) is 0.466. The van der Waals surface area contributed by atoms with Crippen LogP contribution in [0.1, 0.15) is 12.1 Å². The Hall–Kier alpha value is -2.01. The monoisotopic (exact) mass is 228 g/mol. The molecule has 3 heterocycles. The normalized spacial score (nSPS) is 15.9. The third-order valence-corrected chi connectivity index (χ3v) is 2.86. The van der Waals surface area contributed by atoms with Crippen molar-refractivity contribution in [2.45, 2.75) is 6.42 Å². The molecule has 17 heavy (non-hydrogen) atoms. The van der Waals surface area contributed by atoms with E-state index in [-0.39, 0.29) is 5.56 Å². The molecule has 1 aliphatic rings. The van der Waals surface area contributed by atoms with Gasteiger partial charge in [0.15, 0.2) is 5.65 Å². The first-order chi connectivity index (χ1) is 8.34. The second-order valence-corrected chi connectivity index (χ2v) is 3.97. The molecule has 1 aliphatic heterocycles. The van der Waals surface area contributed by atoms with Gasteiger partial charge in [-0.05, 0) is 18.5 Å². The number of hydrogen-bond donors (Lipinski definition) is 1. The lowest BCUT2D eigenvalue weighted by Gasteiger charge is -2.13. The molecule has 0 saturated heterocycles. The van der Waals surface area contributed by atoms with Gasteiger partial charge < -0.3 is 5.32 Å². The van der Waals surface area contributed by atoms with Crippen molar-refractivity contribution < 1.29 is 0 Å². The van der Waals surface area contributed by atoms with Crippen LogP contribution < -0.4 is 10.9 Å². The maximum atomic E-state index is 11.9. The lowest BCUT2D eigenvalue weighted by molar-refractivity contribution is 0.736. The van der Waals surface area contributed by atoms with Gasteiger partial charge in [0.05, 0.1) is 11.9 Å². The number of rotatable bonds is 1. The number of aromatic nitrogens is 3. The summed E-state index contributed by atoms with van der Waals surface area (Å²) >= 11 is 0. The molecular weight excluding hydrogens is 216 g/mol. The average Bonchev–Trinajstić information content (AvgIpc) is 2.40. The molecule has 3 rings (SSSR count). The van der Waals surface area contributed by atoms with Gasteiger partial charge in [0.1, 0.15) is 0 Å². The van der Waals surface area contributed by atoms with E-state index in [1.54, 1.807) is 24.7 Å². The van der Waals surface area contributed by atoms with Crippen molar-refractivity contribution in [1.29, 1.82) is 0 Å². The summed E-state index contributed by atoms with van der Waals surface area (Å²) in [5, 5.41) is 3.24. The molecule has 0 unspecified atom stereocenters. The van der Waals surface area contributed by atoms with Crippen LogP contribution in [0.15, 0.2) is 35.5 Å². The lowest BCUT2D eigenvalue weighted by Crippen LogP contribution is -2.22. The minimum absolute atomic E-state index is 0.0631. The Morgan fingerprint density at radius 1 is 1.41 bits per heavy atom. The van der Waals surface area contributed by atoms with Crippen LogP contribution in [0.4, 0.5) is 0 Å². The second kappa shape index (κ2) is 4.10. The first-order valence-electron chi connectivity index (χ1n) is 5.58. The van der Waals surface area contributed by atoms with Crippen molar-refractivity contribution in [3.63, 3.8) is 0 Å². The molecule has 5 heteroatoms. The van der Waals surface area contributed by atoms with Gasteiger partial charge in [0.25, 0.3) is 5.56 Å². The summed E-state index contributed by atoms with van der Waals surface area (Å²) in [6.07, 6.45) is 7.80. The molecule has 5 nitrogen and oxygen atoms in total. The third-order valence-electron chi connectivity index (χ3n) is 2.86. The highest BCUT2D eigenvalue weighted by molar-refractivity contribution is 5.64. The van der Waals surface area contributed by atoms with Gasteiger partial charge in [0.2, 0.25) is 0 Å². The molecule has 0 saturated carbocycles. The van der Waals surface area contributed by atoms with Crippen molar-refractivity contribution in [1.82, 2.24) is 19.7 Å². The molecule has 0 spiro atoms. The minimum Gasteiger partial charge on any atom is -0.313 e. The molecule has 0 atom stereocenters. The molecule has 2 aromatic heterocycles. The van der Waals surface area contributed by atoms with E-state index in [1.807, 2.05) is 0 Å². The van der Waals surface area contributed by atoms with Crippen molar-refractivity contribution >= 4 is 11.2 Å². The van der Waals surface area contributed by atoms with E-state index in [0.717, 1.165) is 30.8 Å². The van der Waals surface area contributed by atoms with Crippen LogP contribution in [-0.2, 0) is 0 Å². The van der Waals surface area contributed by atoms with Crippen molar-refractivity contribution in [2.75, 3.05) is 13.1 Å². The van der Waals surface area contributed by atoms with E-state index in [9.17, 15) is 4.79 Å². The Kier molecular flexibility index (Phi) is 2.45. The molecule has 0 aromatic carbocycles. The van der Waals surface area contributed by atoms with E-state index in [4.69, 9.17) is 0 Å². The molecule has 2 aromatic rings. The number of nitrogens with zero attached hydrogens (tertiary/aromatic N) is 3. The van der Waals surface area contributed by atoms with Gasteiger partial charge in [-0.25, -0.2) is 4.98 Å². The largest absolute Gasteiger partial charge is 0.313 e. The van der Waals surface area contributed by atoms with Crippen LogP contribution >= 0.6 is 0 Å². The smallest absolute Gasteiger partial charge is 0.258 e. The lowest BCUT2D eigenvalue weighted by atomic mass is 10.1. The summed E-state index contributed by atoms with van der Waals surface area (Å²) in [6, 6.07) is 1.59. The molecule has 0 aliphatic carbocycles. The number of hydrogen-bond acceptors (Lipinski definition) is 4. The van der Waals surface area contributed by atoms with E-state index < -0.39 is 0 Å². The van der Waals surface area contributed by atoms with E-state index in [0.29, 0.717) is 5.65 Å². The molecule has 0 fully saturated rings. The van der Waals surface area contributed by atoms with Gasteiger partial charge in [-0.15, -0.1) is 0 Å². The topological polar surface area (TPSA) is 59.3 Å². The zero-order valence-corrected chi connectivity index (χ0v) is 9.26. The van der Waals surface area contributed by atoms with Gasteiger partial charge >= 0.3 is 0 Å². The molecule has 0 bridgehead atoms. The van der Waals surface area contributed by atoms with Crippen molar-refractivity contribution in [2.24, 2.45) is 0 Å². The average molecular weight is 228 g/mol. The Morgan fingerprint density at radius 3 is 3.18 bits per heavy atom. The minimum atomic E-state index is -0.0631. The zero-order valence-electron chi connectivity index (χ0n) is 9.26. The fourth-order valence-electron chi connectivity index (χ4n) is 1.98. The van der Waals surface area contributed by atoms with E-state index in [1.165, 1.54) is 4.40 Å². The van der Waals surface area contributed by atoms with Crippen LogP contribution in [0.3, 0.4) is 0 Å². The number of fused-ring (bicyclic) bond motifs is 1. The fraction of sp³-hybridized carbons (Fsp3) is 0.250. The van der Waals surface area contributed by atoms with Crippen LogP contribution in [0.25, 0.3) is 11.2 Å². The molecule has 0 radical (unpaired) electrons. The van der Waals surface area contributed by atoms with Gasteiger partial charge in [-0.3, -0.25) is 14.2 Å². The summed E-state index contributed by atoms with van der Waals surface area (Å²) in [6.45, 7) is 1.77. The fourth-order valence-corrected chi connectivity index (χ4v) is 1.98. The van der Waals surface area contributed by atoms with E-state index >= 15 is 0 Å². The first-order valence-corrected chi connectivity index (χ1v) is 5.58. The Bertz CT molecular complexity index is 644. The van der Waals surface area contributed by atoms with Crippen LogP contribution in [-0.4, -0.2) is 27.5 Å². The quantitative estimate of drug-likeness (QED) is 0.770. The van der Waals surface area contributed by atoms with Gasteiger partial charge in [-0.2, -0.15) is 0 Å². The van der Waals surface area contributed by atoms with E-state index in [2.05, 4.69) is 21.4 Å². The summed E-state index contributed by atoms with van der Waals surface area (Å²) < 4.78 is 1.50. The van der Waals surface area contributed by atoms with Crippen LogP contribution in [0.2, 0.25) is 0 Å². The highest BCUT2D eigenvalue weighted by Crippen LogP contribution is 2.16. The number of nitrogens with one attached hydrogen (secondary N) is 1. The van der Waals surface area contributed by atoms with Gasteiger partial charge in [-0.1, -0.05) is 6.08 Å². The standard InChI is InChI=1S/C12H12N4O/c17-12-7-10(9-1-3-13-4-2-9)15-11-8-14-5-6-16(11)12/h1,5-8,13H,2-4H2. The molecule has 1 N–H and O–H groups in total. The Labute approximate surface area is 97.8 Å². The zero-order chi connectivity index (χ0) is 11.7. The summed E-state index contributed by atoms with van der Waals surface area (Å²) in [5.41, 5.74) is 2.43. The van der Waals surface area contributed by atoms with Crippen molar-refractivity contribution in [3.8, 4) is 0 Å². The van der Waals surface area contributed by atoms with Crippen LogP contribution in [0.5, 0.6) is 0 Å². The Balaban J connectivity index is 2.18. The van der Waals surface area contributed by atoms with Gasteiger partial charge in [0, 0.05) is 25.0 Å². The third kappa shape index (κ3) is 1.85. The van der Waals surface area contributed by atoms with Crippen molar-refractivity contribution in [3.05, 3.63) is 46.8 Å². The highest BCUT2D eigenvalue weighted by atomic mass is 16.1. The first kappa shape index (κ1) is 10.2. The maximum absolute atomic E-state index is 11.9. The maximum Gasteiger partial charge on any atom is 0.258 e. The molecular formula is C12H12N4O. The summed E-state index contributed by atoms with van der Waals surface area (Å²) in [7, 11) is 0. The SMILES string of the molecule is O=c1cc(C2=CCNCC2)nc2cnccn12.